The number of amides is 1. The standard InChI is InChI=1S/C15H16Cl2N2OS/c1-2-6-18-7-9-19(10-8-18)14(20)11-21-15-12(16)4-3-5-13(15)17/h1,3-5H,6-11H2. The molecule has 112 valence electrons. The molecule has 1 aromatic carbocycles. The Labute approximate surface area is 139 Å². The molecule has 0 aromatic heterocycles. The van der Waals surface area contributed by atoms with Crippen LogP contribution in [0, 0.1) is 12.3 Å². The van der Waals surface area contributed by atoms with Crippen LogP contribution in [0.4, 0.5) is 0 Å². The summed E-state index contributed by atoms with van der Waals surface area (Å²) in [6.45, 7) is 3.74. The van der Waals surface area contributed by atoms with E-state index >= 15 is 0 Å². The summed E-state index contributed by atoms with van der Waals surface area (Å²) in [5.74, 6) is 3.08. The molecule has 0 saturated carbocycles. The smallest absolute Gasteiger partial charge is 0.233 e. The lowest BCUT2D eigenvalue weighted by Crippen LogP contribution is -2.49. The van der Waals surface area contributed by atoms with Crippen molar-refractivity contribution in [3.8, 4) is 12.3 Å². The first kappa shape index (κ1) is 16.5. The molecular weight excluding hydrogens is 327 g/mol. The van der Waals surface area contributed by atoms with Crippen LogP contribution in [-0.2, 0) is 4.79 Å². The molecule has 21 heavy (non-hydrogen) atoms. The maximum atomic E-state index is 12.2. The Balaban J connectivity index is 1.85. The fourth-order valence-electron chi connectivity index (χ4n) is 2.13. The van der Waals surface area contributed by atoms with Gasteiger partial charge >= 0.3 is 0 Å². The number of halogens is 2. The molecule has 0 bridgehead atoms. The minimum absolute atomic E-state index is 0.108. The second kappa shape index (κ2) is 7.95. The van der Waals surface area contributed by atoms with Gasteiger partial charge < -0.3 is 4.90 Å². The number of carbonyl (C=O) groups is 1. The van der Waals surface area contributed by atoms with Crippen molar-refractivity contribution in [1.29, 1.82) is 0 Å². The van der Waals surface area contributed by atoms with Crippen molar-refractivity contribution in [3.63, 3.8) is 0 Å². The molecule has 1 aliphatic heterocycles. The third kappa shape index (κ3) is 4.55. The fraction of sp³-hybridized carbons (Fsp3) is 0.400. The number of terminal acetylenes is 1. The van der Waals surface area contributed by atoms with Crippen molar-refractivity contribution in [3.05, 3.63) is 28.2 Å². The number of hydrogen-bond donors (Lipinski definition) is 0. The SMILES string of the molecule is C#CCN1CCN(C(=O)CSc2c(Cl)cccc2Cl)CC1. The highest BCUT2D eigenvalue weighted by Gasteiger charge is 2.21. The number of rotatable bonds is 4. The predicted octanol–water partition coefficient (Wildman–Crippen LogP) is 2.86. The van der Waals surface area contributed by atoms with E-state index in [0.717, 1.165) is 31.1 Å². The van der Waals surface area contributed by atoms with Gasteiger partial charge in [0.05, 0.1) is 22.3 Å². The number of carbonyl (C=O) groups excluding carboxylic acids is 1. The van der Waals surface area contributed by atoms with Crippen LogP contribution < -0.4 is 0 Å². The first-order valence-electron chi connectivity index (χ1n) is 6.62. The molecule has 0 unspecified atom stereocenters. The molecule has 0 N–H and O–H groups in total. The predicted molar refractivity (Wildman–Crippen MR) is 89.0 cm³/mol. The van der Waals surface area contributed by atoms with Crippen molar-refractivity contribution in [2.75, 3.05) is 38.5 Å². The minimum atomic E-state index is 0.108. The van der Waals surface area contributed by atoms with E-state index in [0.29, 0.717) is 22.3 Å². The van der Waals surface area contributed by atoms with Gasteiger partial charge in [-0.1, -0.05) is 35.2 Å². The van der Waals surface area contributed by atoms with Gasteiger partial charge in [0.25, 0.3) is 0 Å². The second-order valence-electron chi connectivity index (χ2n) is 4.70. The molecule has 1 heterocycles. The van der Waals surface area contributed by atoms with Crippen LogP contribution in [0.1, 0.15) is 0 Å². The van der Waals surface area contributed by atoms with E-state index in [9.17, 15) is 4.79 Å². The van der Waals surface area contributed by atoms with Crippen molar-refractivity contribution >= 4 is 40.9 Å². The fourth-order valence-corrected chi connectivity index (χ4v) is 3.72. The minimum Gasteiger partial charge on any atom is -0.339 e. The third-order valence-corrected chi connectivity index (χ3v) is 5.27. The summed E-state index contributed by atoms with van der Waals surface area (Å²) in [5, 5.41) is 1.17. The zero-order chi connectivity index (χ0) is 15.2. The van der Waals surface area contributed by atoms with E-state index in [-0.39, 0.29) is 5.91 Å². The molecule has 0 atom stereocenters. The topological polar surface area (TPSA) is 23.6 Å². The Kier molecular flexibility index (Phi) is 6.25. The van der Waals surface area contributed by atoms with Crippen LogP contribution in [0.25, 0.3) is 0 Å². The van der Waals surface area contributed by atoms with Gasteiger partial charge in [-0.15, -0.1) is 18.2 Å². The number of nitrogens with zero attached hydrogens (tertiary/aromatic N) is 2. The molecule has 1 aromatic rings. The lowest BCUT2D eigenvalue weighted by Gasteiger charge is -2.33. The van der Waals surface area contributed by atoms with Gasteiger partial charge in [-0.25, -0.2) is 0 Å². The quantitative estimate of drug-likeness (QED) is 0.620. The molecular formula is C15H16Cl2N2OS. The average Bonchev–Trinajstić information content (AvgIpc) is 2.47. The van der Waals surface area contributed by atoms with E-state index in [4.69, 9.17) is 29.6 Å². The largest absolute Gasteiger partial charge is 0.339 e. The Morgan fingerprint density at radius 3 is 2.43 bits per heavy atom. The monoisotopic (exact) mass is 342 g/mol. The summed E-state index contributed by atoms with van der Waals surface area (Å²) in [6.07, 6.45) is 5.29. The summed E-state index contributed by atoms with van der Waals surface area (Å²) in [7, 11) is 0. The molecule has 1 amide bonds. The lowest BCUT2D eigenvalue weighted by molar-refractivity contribution is -0.129. The Bertz CT molecular complexity index is 531. The van der Waals surface area contributed by atoms with Gasteiger partial charge in [0.2, 0.25) is 5.91 Å². The zero-order valence-electron chi connectivity index (χ0n) is 11.5. The van der Waals surface area contributed by atoms with Crippen molar-refractivity contribution in [1.82, 2.24) is 9.80 Å². The van der Waals surface area contributed by atoms with E-state index in [2.05, 4.69) is 10.8 Å². The highest BCUT2D eigenvalue weighted by Crippen LogP contribution is 2.33. The second-order valence-corrected chi connectivity index (χ2v) is 6.50. The first-order valence-corrected chi connectivity index (χ1v) is 8.36. The van der Waals surface area contributed by atoms with Gasteiger partial charge in [0.15, 0.2) is 0 Å². The molecule has 1 saturated heterocycles. The molecule has 2 rings (SSSR count). The Hall–Kier alpha value is -0.860. The molecule has 1 aliphatic rings. The first-order chi connectivity index (χ1) is 10.1. The number of hydrogen-bond acceptors (Lipinski definition) is 3. The summed E-state index contributed by atoms with van der Waals surface area (Å²) < 4.78 is 0. The maximum absolute atomic E-state index is 12.2. The lowest BCUT2D eigenvalue weighted by atomic mass is 10.3. The van der Waals surface area contributed by atoms with Crippen LogP contribution in [0.3, 0.4) is 0 Å². The van der Waals surface area contributed by atoms with Gasteiger partial charge in [-0.2, -0.15) is 0 Å². The summed E-state index contributed by atoms with van der Waals surface area (Å²) in [4.78, 5) is 17.0. The molecule has 0 radical (unpaired) electrons. The molecule has 3 nitrogen and oxygen atoms in total. The highest BCUT2D eigenvalue weighted by atomic mass is 35.5. The van der Waals surface area contributed by atoms with Crippen molar-refractivity contribution in [2.24, 2.45) is 0 Å². The van der Waals surface area contributed by atoms with Gasteiger partial charge in [-0.3, -0.25) is 9.69 Å². The van der Waals surface area contributed by atoms with E-state index in [1.54, 1.807) is 18.2 Å². The summed E-state index contributed by atoms with van der Waals surface area (Å²) in [6, 6.07) is 5.35. The van der Waals surface area contributed by atoms with Crippen LogP contribution in [0.15, 0.2) is 23.1 Å². The van der Waals surface area contributed by atoms with Crippen LogP contribution in [0.2, 0.25) is 10.0 Å². The molecule has 0 spiro atoms. The number of piperazine rings is 1. The van der Waals surface area contributed by atoms with Gasteiger partial charge in [0.1, 0.15) is 0 Å². The Morgan fingerprint density at radius 1 is 1.24 bits per heavy atom. The highest BCUT2D eigenvalue weighted by molar-refractivity contribution is 8.00. The van der Waals surface area contributed by atoms with E-state index in [1.807, 2.05) is 4.90 Å². The third-order valence-electron chi connectivity index (χ3n) is 3.30. The zero-order valence-corrected chi connectivity index (χ0v) is 13.8. The Morgan fingerprint density at radius 2 is 1.86 bits per heavy atom. The van der Waals surface area contributed by atoms with Crippen LogP contribution >= 0.6 is 35.0 Å². The number of thioether (sulfide) groups is 1. The van der Waals surface area contributed by atoms with Gasteiger partial charge in [-0.05, 0) is 12.1 Å². The molecule has 1 fully saturated rings. The summed E-state index contributed by atoms with van der Waals surface area (Å²) in [5.41, 5.74) is 0. The van der Waals surface area contributed by atoms with Crippen molar-refractivity contribution < 1.29 is 4.79 Å². The number of benzene rings is 1. The molecule has 0 aliphatic carbocycles. The summed E-state index contributed by atoms with van der Waals surface area (Å²) >= 11 is 13.6. The molecule has 6 heteroatoms. The van der Waals surface area contributed by atoms with Crippen LogP contribution in [-0.4, -0.2) is 54.2 Å². The van der Waals surface area contributed by atoms with Crippen LogP contribution in [0.5, 0.6) is 0 Å². The van der Waals surface area contributed by atoms with Crippen molar-refractivity contribution in [2.45, 2.75) is 4.90 Å². The van der Waals surface area contributed by atoms with E-state index < -0.39 is 0 Å². The van der Waals surface area contributed by atoms with Gasteiger partial charge in [0, 0.05) is 31.1 Å². The normalized spacial score (nSPS) is 15.8. The average molecular weight is 343 g/mol. The maximum Gasteiger partial charge on any atom is 0.233 e. The van der Waals surface area contributed by atoms with E-state index in [1.165, 1.54) is 11.8 Å².